The summed E-state index contributed by atoms with van der Waals surface area (Å²) in [6.45, 7) is 0. The molecule has 0 saturated heterocycles. The fraction of sp³-hybridized carbons (Fsp3) is 0. The summed E-state index contributed by atoms with van der Waals surface area (Å²) in [6.07, 6.45) is 0. The Morgan fingerprint density at radius 2 is 1.29 bits per heavy atom. The fourth-order valence-corrected chi connectivity index (χ4v) is 4.41. The number of hydrogen-bond acceptors (Lipinski definition) is 12. The Kier molecular flexibility index (Phi) is 10.7. The van der Waals surface area contributed by atoms with E-state index >= 15 is 0 Å². The van der Waals surface area contributed by atoms with E-state index in [1.165, 1.54) is 30.3 Å². The molecule has 0 aliphatic rings. The first-order valence-corrected chi connectivity index (χ1v) is 12.7. The van der Waals surface area contributed by atoms with Crippen molar-refractivity contribution in [2.75, 3.05) is 10.9 Å². The zero-order valence-corrected chi connectivity index (χ0v) is 25.5. The Balaban J connectivity index is 0.00000253. The summed E-state index contributed by atoms with van der Waals surface area (Å²) in [5.41, 5.74) is 4.06. The van der Waals surface area contributed by atoms with Crippen LogP contribution in [0.15, 0.2) is 102 Å². The first kappa shape index (κ1) is 32.0. The second-order valence-electron chi connectivity index (χ2n) is 7.30. The predicted molar refractivity (Wildman–Crippen MR) is 126 cm³/mol. The fourth-order valence-electron chi connectivity index (χ4n) is 3.26. The van der Waals surface area contributed by atoms with Gasteiger partial charge in [0.15, 0.2) is 5.36 Å². The minimum atomic E-state index is -4.73. The van der Waals surface area contributed by atoms with Crippen LogP contribution in [0.3, 0.4) is 0 Å². The molecule has 0 radical (unpaired) electrons. The molecule has 2 N–H and O–H groups in total. The van der Waals surface area contributed by atoms with Gasteiger partial charge < -0.3 is 9.11 Å². The van der Waals surface area contributed by atoms with E-state index in [1.54, 1.807) is 18.2 Å². The van der Waals surface area contributed by atoms with E-state index in [1.807, 2.05) is 0 Å². The van der Waals surface area contributed by atoms with Crippen molar-refractivity contribution in [3.05, 3.63) is 104 Å². The van der Waals surface area contributed by atoms with Crippen LogP contribution in [0.2, 0.25) is 0 Å². The van der Waals surface area contributed by atoms with Gasteiger partial charge in [-0.2, -0.15) is 10.2 Å². The second kappa shape index (κ2) is 12.7. The van der Waals surface area contributed by atoms with Crippen LogP contribution in [0.25, 0.3) is 10.8 Å². The monoisotopic (exact) mass is 572 g/mol. The molecule has 0 bridgehead atoms. The number of anilines is 2. The van der Waals surface area contributed by atoms with Crippen molar-refractivity contribution in [1.82, 2.24) is 0 Å². The van der Waals surface area contributed by atoms with Gasteiger partial charge in [-0.05, 0) is 48.5 Å². The van der Waals surface area contributed by atoms with Crippen LogP contribution < -0.4 is 91.5 Å². The van der Waals surface area contributed by atoms with E-state index < -0.39 is 46.2 Å². The molecule has 0 heterocycles. The van der Waals surface area contributed by atoms with Gasteiger partial charge in [-0.15, -0.1) is 0 Å². The topological polar surface area (TPSA) is 197 Å². The smallest absolute Gasteiger partial charge is 0.744 e. The van der Waals surface area contributed by atoms with Gasteiger partial charge in [0.2, 0.25) is 10.9 Å². The number of fused-ring (bicyclic) bond motifs is 1. The molecule has 4 aromatic carbocycles. The largest absolute Gasteiger partial charge is 1.00 e. The first-order chi connectivity index (χ1) is 16.9. The maximum absolute atomic E-state index is 12.8. The minimum absolute atomic E-state index is 0. The number of hydrogen-bond donors (Lipinski definition) is 2. The Bertz CT molecular complexity index is 1940. The third-order valence-electron chi connectivity index (χ3n) is 4.96. The second-order valence-corrected chi connectivity index (χ2v) is 10.0. The molecule has 0 unspecified atom stereocenters. The quantitative estimate of drug-likeness (QED) is 0.127. The summed E-state index contributed by atoms with van der Waals surface area (Å²) in [6, 6.07) is 15.4. The molecule has 0 aliphatic carbocycles. The van der Waals surface area contributed by atoms with E-state index in [0.717, 1.165) is 24.3 Å². The van der Waals surface area contributed by atoms with Crippen LogP contribution in [0.5, 0.6) is 0 Å². The molecule has 38 heavy (non-hydrogen) atoms. The zero-order valence-electron chi connectivity index (χ0n) is 19.9. The summed E-state index contributed by atoms with van der Waals surface area (Å²) in [4.78, 5) is 24.1. The third kappa shape index (κ3) is 7.24. The summed E-state index contributed by atoms with van der Waals surface area (Å²) in [7, 11) is -9.36. The van der Waals surface area contributed by atoms with Crippen LogP contribution in [0.4, 0.5) is 11.4 Å². The summed E-state index contributed by atoms with van der Waals surface area (Å²) < 4.78 is 67.7. The Labute approximate surface area is 259 Å². The van der Waals surface area contributed by atoms with Crippen molar-refractivity contribution in [2.24, 2.45) is 10.2 Å². The van der Waals surface area contributed by atoms with Crippen LogP contribution >= 0.6 is 0 Å². The number of rotatable bonds is 6. The molecule has 4 rings (SSSR count). The molecule has 0 spiro atoms. The van der Waals surface area contributed by atoms with Gasteiger partial charge in [-0.1, -0.05) is 24.3 Å². The molecule has 184 valence electrons. The molecule has 0 atom stereocenters. The van der Waals surface area contributed by atoms with Crippen LogP contribution in [-0.2, 0) is 20.2 Å². The third-order valence-corrected chi connectivity index (χ3v) is 6.71. The zero-order chi connectivity index (χ0) is 26.1. The molecular weight excluding hydrogens is 558 g/mol. The van der Waals surface area contributed by atoms with E-state index in [-0.39, 0.29) is 75.5 Å². The average molecular weight is 572 g/mol. The van der Waals surface area contributed by atoms with Crippen LogP contribution in [0.1, 0.15) is 0 Å². The van der Waals surface area contributed by atoms with Crippen molar-refractivity contribution in [3.8, 4) is 0 Å². The summed E-state index contributed by atoms with van der Waals surface area (Å²) in [5, 5.41) is 7.61. The SMILES string of the molecule is O=c1cc/c(=N/Nc2ccc(S(=O)(=O)[O-])c3ccccc23)c(=O)/c1=N/Nc1ccc(S(=O)(=O)[O-])cc1.[Na+].[Na+]. The molecule has 0 amide bonds. The summed E-state index contributed by atoms with van der Waals surface area (Å²) in [5.74, 6) is 0. The van der Waals surface area contributed by atoms with Gasteiger partial charge in [-0.3, -0.25) is 20.4 Å². The molecule has 16 heteroatoms. The van der Waals surface area contributed by atoms with Crippen LogP contribution in [-0.4, -0.2) is 25.9 Å². The van der Waals surface area contributed by atoms with Crippen molar-refractivity contribution in [3.63, 3.8) is 0 Å². The molecule has 4 aromatic rings. The van der Waals surface area contributed by atoms with Crippen LogP contribution in [0, 0.1) is 0 Å². The molecule has 0 saturated carbocycles. The van der Waals surface area contributed by atoms with E-state index in [2.05, 4.69) is 21.1 Å². The van der Waals surface area contributed by atoms with Gasteiger partial charge in [0.25, 0.3) is 0 Å². The van der Waals surface area contributed by atoms with Gasteiger partial charge in [-0.25, -0.2) is 16.8 Å². The minimum Gasteiger partial charge on any atom is -0.744 e. The number of nitrogens with zero attached hydrogens (tertiary/aromatic N) is 2. The molecular formula is C22H14N4Na2O8S2. The van der Waals surface area contributed by atoms with E-state index in [0.29, 0.717) is 11.1 Å². The van der Waals surface area contributed by atoms with Crippen molar-refractivity contribution in [1.29, 1.82) is 0 Å². The molecule has 0 aliphatic heterocycles. The van der Waals surface area contributed by atoms with Gasteiger partial charge in [0.05, 0.1) is 21.2 Å². The molecule has 0 fully saturated rings. The standard InChI is InChI=1S/C22H16N4O8S2.2Na/c27-19-11-9-18(22(28)21(19)26-23-13-5-7-14(8-6-13)35(29,30)31)25-24-17-10-12-20(36(32,33)34)16-4-2-1-3-15(16)17;;/h1-12,23-24H,(H,29,30,31)(H,32,33,34);;/q;2*+1/p-2/b25-18-,26-21+;;. The molecule has 0 aromatic heterocycles. The van der Waals surface area contributed by atoms with Crippen molar-refractivity contribution < 1.29 is 85.1 Å². The number of benzene rings is 4. The van der Waals surface area contributed by atoms with E-state index in [4.69, 9.17) is 0 Å². The van der Waals surface area contributed by atoms with Gasteiger partial charge in [0, 0.05) is 10.8 Å². The predicted octanol–water partition coefficient (Wildman–Crippen LogP) is -5.89. The number of nitrogens with one attached hydrogen (secondary N) is 2. The maximum Gasteiger partial charge on any atom is 1.00 e. The Hall–Kier alpha value is -2.24. The van der Waals surface area contributed by atoms with Gasteiger partial charge >= 0.3 is 59.1 Å². The average Bonchev–Trinajstić information content (AvgIpc) is 2.82. The summed E-state index contributed by atoms with van der Waals surface area (Å²) >= 11 is 0. The maximum atomic E-state index is 12.8. The molecule has 12 nitrogen and oxygen atoms in total. The normalized spacial score (nSPS) is 12.5. The van der Waals surface area contributed by atoms with Crippen molar-refractivity contribution >= 4 is 42.4 Å². The Morgan fingerprint density at radius 3 is 1.89 bits per heavy atom. The van der Waals surface area contributed by atoms with Gasteiger partial charge in [0.1, 0.15) is 25.6 Å². The van der Waals surface area contributed by atoms with E-state index in [9.17, 15) is 35.5 Å². The first-order valence-electron chi connectivity index (χ1n) is 9.93. The Morgan fingerprint density at radius 1 is 0.658 bits per heavy atom. The van der Waals surface area contributed by atoms with Crippen molar-refractivity contribution in [2.45, 2.75) is 9.79 Å².